The number of carbonyl (C=O) groups is 1. The maximum atomic E-state index is 12.2. The van der Waals surface area contributed by atoms with E-state index in [2.05, 4.69) is 10.4 Å². The molecule has 0 spiro atoms. The molecule has 112 valence electrons. The van der Waals surface area contributed by atoms with Gasteiger partial charge >= 0.3 is 0 Å². The molecule has 0 radical (unpaired) electrons. The zero-order valence-corrected chi connectivity index (χ0v) is 12.1. The Hall–Kier alpha value is -3.09. The lowest BCUT2D eigenvalue weighted by Gasteiger charge is -2.06. The first kappa shape index (κ1) is 13.9. The highest BCUT2D eigenvalue weighted by molar-refractivity contribution is 6.03. The second-order valence-electron chi connectivity index (χ2n) is 4.84. The van der Waals surface area contributed by atoms with E-state index >= 15 is 0 Å². The summed E-state index contributed by atoms with van der Waals surface area (Å²) in [5, 5.41) is 7.04. The van der Waals surface area contributed by atoms with Gasteiger partial charge < -0.3 is 14.3 Å². The second kappa shape index (κ2) is 5.36. The number of aryl methyl sites for hydroxylation is 2. The van der Waals surface area contributed by atoms with Crippen molar-refractivity contribution in [1.82, 2.24) is 14.3 Å². The van der Waals surface area contributed by atoms with Crippen LogP contribution in [0.15, 0.2) is 52.0 Å². The molecular weight excluding hydrogens is 284 g/mol. The molecule has 0 aliphatic heterocycles. The topological polar surface area (TPSA) is 82.1 Å². The zero-order chi connectivity index (χ0) is 15.7. The highest BCUT2D eigenvalue weighted by atomic mass is 16.3. The van der Waals surface area contributed by atoms with Crippen molar-refractivity contribution in [3.63, 3.8) is 0 Å². The number of nitrogens with one attached hydrogen (secondary N) is 1. The molecule has 0 aliphatic rings. The third-order valence-corrected chi connectivity index (χ3v) is 3.24. The minimum Gasteiger partial charge on any atom is -0.463 e. The van der Waals surface area contributed by atoms with Crippen LogP contribution >= 0.6 is 0 Å². The Labute approximate surface area is 125 Å². The fourth-order valence-electron chi connectivity index (χ4n) is 2.05. The lowest BCUT2D eigenvalue weighted by molar-refractivity contribution is 0.102. The van der Waals surface area contributed by atoms with Crippen LogP contribution in [0.1, 0.15) is 10.4 Å². The molecule has 3 aromatic heterocycles. The van der Waals surface area contributed by atoms with Crippen LogP contribution in [0, 0.1) is 0 Å². The molecule has 0 atom stereocenters. The Morgan fingerprint density at radius 1 is 1.27 bits per heavy atom. The van der Waals surface area contributed by atoms with Gasteiger partial charge in [-0.1, -0.05) is 0 Å². The van der Waals surface area contributed by atoms with Gasteiger partial charge in [-0.05, 0) is 18.2 Å². The number of furan rings is 1. The van der Waals surface area contributed by atoms with Gasteiger partial charge in [0, 0.05) is 32.4 Å². The van der Waals surface area contributed by atoms with E-state index in [1.807, 2.05) is 0 Å². The number of aromatic nitrogens is 3. The van der Waals surface area contributed by atoms with Crippen LogP contribution in [0.5, 0.6) is 0 Å². The quantitative estimate of drug-likeness (QED) is 0.796. The van der Waals surface area contributed by atoms with Crippen molar-refractivity contribution >= 4 is 11.7 Å². The Balaban J connectivity index is 1.85. The molecule has 0 bridgehead atoms. The number of nitrogens with zero attached hydrogens (tertiary/aromatic N) is 3. The molecule has 0 aromatic carbocycles. The lowest BCUT2D eigenvalue weighted by Crippen LogP contribution is -2.20. The summed E-state index contributed by atoms with van der Waals surface area (Å²) in [6.07, 6.45) is 3.05. The molecule has 0 aliphatic carbocycles. The zero-order valence-electron chi connectivity index (χ0n) is 12.1. The van der Waals surface area contributed by atoms with Gasteiger partial charge in [0.25, 0.3) is 5.91 Å². The van der Waals surface area contributed by atoms with Crippen LogP contribution in [0.4, 0.5) is 5.82 Å². The van der Waals surface area contributed by atoms with Gasteiger partial charge in [-0.25, -0.2) is 0 Å². The van der Waals surface area contributed by atoms with E-state index in [1.165, 1.54) is 22.9 Å². The number of hydrogen-bond acceptors (Lipinski definition) is 4. The van der Waals surface area contributed by atoms with E-state index < -0.39 is 0 Å². The smallest absolute Gasteiger partial charge is 0.258 e. The standard InChI is InChI=1S/C15H14N4O3/c1-18-9-10(5-6-14(18)20)15(21)16-13-8-11(17-19(13)2)12-4-3-7-22-12/h3-9H,1-2H3,(H,16,21). The van der Waals surface area contributed by atoms with E-state index in [-0.39, 0.29) is 11.5 Å². The van der Waals surface area contributed by atoms with E-state index in [1.54, 1.807) is 43.2 Å². The van der Waals surface area contributed by atoms with Crippen molar-refractivity contribution in [2.75, 3.05) is 5.32 Å². The van der Waals surface area contributed by atoms with Crippen LogP contribution in [-0.4, -0.2) is 20.3 Å². The number of rotatable bonds is 3. The Morgan fingerprint density at radius 3 is 2.77 bits per heavy atom. The molecular formula is C15H14N4O3. The fourth-order valence-corrected chi connectivity index (χ4v) is 2.05. The summed E-state index contributed by atoms with van der Waals surface area (Å²) in [5.74, 6) is 0.841. The van der Waals surface area contributed by atoms with Crippen molar-refractivity contribution in [1.29, 1.82) is 0 Å². The fraction of sp³-hybridized carbons (Fsp3) is 0.133. The molecule has 3 heterocycles. The Morgan fingerprint density at radius 2 is 2.09 bits per heavy atom. The minimum atomic E-state index is -0.315. The summed E-state index contributed by atoms with van der Waals surface area (Å²) in [7, 11) is 3.32. The summed E-state index contributed by atoms with van der Waals surface area (Å²) < 4.78 is 8.19. The maximum absolute atomic E-state index is 12.2. The van der Waals surface area contributed by atoms with Crippen LogP contribution in [0.3, 0.4) is 0 Å². The minimum absolute atomic E-state index is 0.169. The van der Waals surface area contributed by atoms with E-state index in [9.17, 15) is 9.59 Å². The predicted octanol–water partition coefficient (Wildman–Crippen LogP) is 1.63. The molecule has 22 heavy (non-hydrogen) atoms. The summed E-state index contributed by atoms with van der Waals surface area (Å²) in [4.78, 5) is 23.6. The third-order valence-electron chi connectivity index (χ3n) is 3.24. The van der Waals surface area contributed by atoms with Gasteiger partial charge in [-0.3, -0.25) is 14.3 Å². The van der Waals surface area contributed by atoms with Gasteiger partial charge in [-0.15, -0.1) is 0 Å². The molecule has 3 rings (SSSR count). The maximum Gasteiger partial charge on any atom is 0.258 e. The average Bonchev–Trinajstić information content (AvgIpc) is 3.12. The highest BCUT2D eigenvalue weighted by Crippen LogP contribution is 2.21. The van der Waals surface area contributed by atoms with Crippen molar-refractivity contribution in [2.45, 2.75) is 0 Å². The predicted molar refractivity (Wildman–Crippen MR) is 80.5 cm³/mol. The first-order chi connectivity index (χ1) is 10.5. The number of amides is 1. The first-order valence-corrected chi connectivity index (χ1v) is 6.60. The van der Waals surface area contributed by atoms with E-state index in [4.69, 9.17) is 4.42 Å². The Kier molecular flexibility index (Phi) is 3.38. The molecule has 0 unspecified atom stereocenters. The number of pyridine rings is 1. The van der Waals surface area contributed by atoms with Gasteiger partial charge in [-0.2, -0.15) is 5.10 Å². The van der Waals surface area contributed by atoms with Crippen molar-refractivity contribution in [2.24, 2.45) is 14.1 Å². The first-order valence-electron chi connectivity index (χ1n) is 6.60. The molecule has 1 N–H and O–H groups in total. The Bertz CT molecular complexity index is 875. The SMILES string of the molecule is Cn1nc(-c2ccco2)cc1NC(=O)c1ccc(=O)n(C)c1. The van der Waals surface area contributed by atoms with E-state index in [0.29, 0.717) is 22.8 Å². The molecule has 7 heteroatoms. The van der Waals surface area contributed by atoms with Crippen molar-refractivity contribution < 1.29 is 9.21 Å². The normalized spacial score (nSPS) is 10.6. The van der Waals surface area contributed by atoms with Crippen LogP contribution in [0.25, 0.3) is 11.5 Å². The molecule has 7 nitrogen and oxygen atoms in total. The van der Waals surface area contributed by atoms with Crippen LogP contribution in [-0.2, 0) is 14.1 Å². The monoisotopic (exact) mass is 298 g/mol. The second-order valence-corrected chi connectivity index (χ2v) is 4.84. The third kappa shape index (κ3) is 2.56. The van der Waals surface area contributed by atoms with Crippen molar-refractivity contribution in [3.8, 4) is 11.5 Å². The van der Waals surface area contributed by atoms with Gasteiger partial charge in [0.15, 0.2) is 5.76 Å². The molecule has 0 saturated heterocycles. The molecule has 0 fully saturated rings. The highest BCUT2D eigenvalue weighted by Gasteiger charge is 2.13. The summed E-state index contributed by atoms with van der Waals surface area (Å²) in [6, 6.07) is 8.13. The van der Waals surface area contributed by atoms with E-state index in [0.717, 1.165) is 0 Å². The van der Waals surface area contributed by atoms with Crippen LogP contribution in [0.2, 0.25) is 0 Å². The summed E-state index contributed by atoms with van der Waals surface area (Å²) in [5.41, 5.74) is 0.850. The lowest BCUT2D eigenvalue weighted by atomic mass is 10.2. The summed E-state index contributed by atoms with van der Waals surface area (Å²) in [6.45, 7) is 0. The van der Waals surface area contributed by atoms with Gasteiger partial charge in [0.1, 0.15) is 11.5 Å². The molecule has 3 aromatic rings. The number of anilines is 1. The largest absolute Gasteiger partial charge is 0.463 e. The van der Waals surface area contributed by atoms with Gasteiger partial charge in [0.05, 0.1) is 11.8 Å². The molecule has 1 amide bonds. The summed E-state index contributed by atoms with van der Waals surface area (Å²) >= 11 is 0. The van der Waals surface area contributed by atoms with Crippen LogP contribution < -0.4 is 10.9 Å². The van der Waals surface area contributed by atoms with Crippen molar-refractivity contribution in [3.05, 3.63) is 58.7 Å². The average molecular weight is 298 g/mol. The van der Waals surface area contributed by atoms with Gasteiger partial charge in [0.2, 0.25) is 5.56 Å². The molecule has 0 saturated carbocycles. The number of hydrogen-bond donors (Lipinski definition) is 1. The number of carbonyl (C=O) groups excluding carboxylic acids is 1.